The molecule has 12 heavy (non-hydrogen) atoms. The summed E-state index contributed by atoms with van der Waals surface area (Å²) in [5, 5.41) is 20.6. The highest BCUT2D eigenvalue weighted by molar-refractivity contribution is 14.1. The van der Waals surface area contributed by atoms with Crippen molar-refractivity contribution in [1.29, 1.82) is 0 Å². The van der Waals surface area contributed by atoms with Gasteiger partial charge >= 0.3 is 0 Å². The van der Waals surface area contributed by atoms with Gasteiger partial charge in [-0.1, -0.05) is 5.16 Å². The lowest BCUT2D eigenvalue weighted by molar-refractivity contribution is 0.321. The predicted molar refractivity (Wildman–Crippen MR) is 62.9 cm³/mol. The lowest BCUT2D eigenvalue weighted by atomic mass is 10.2. The minimum Gasteiger partial charge on any atom is -0.506 e. The van der Waals surface area contributed by atoms with E-state index in [1.54, 1.807) is 6.07 Å². The highest BCUT2D eigenvalue weighted by Crippen LogP contribution is 2.25. The van der Waals surface area contributed by atoms with Crippen molar-refractivity contribution in [2.75, 3.05) is 0 Å². The Kier molecular flexibility index (Phi) is 3.56. The second-order valence-electron chi connectivity index (χ2n) is 2.07. The molecule has 2 N–H and O–H groups in total. The fourth-order valence-corrected chi connectivity index (χ4v) is 2.64. The lowest BCUT2D eigenvalue weighted by Crippen LogP contribution is -1.87. The molecule has 0 aliphatic heterocycles. The van der Waals surface area contributed by atoms with Crippen molar-refractivity contribution in [3.05, 3.63) is 24.8 Å². The normalized spacial score (nSPS) is 10.8. The smallest absolute Gasteiger partial charge is 0.137 e. The maximum Gasteiger partial charge on any atom is 0.137 e. The van der Waals surface area contributed by atoms with Crippen LogP contribution in [0.5, 0.6) is 5.75 Å². The van der Waals surface area contributed by atoms with E-state index in [4.69, 9.17) is 5.21 Å². The standard InChI is InChI=1S/C7H5I2NO2/c8-5-1-4(3-10-12)7(11)6(9)2-5/h1-3,11-12H. The van der Waals surface area contributed by atoms with Crippen molar-refractivity contribution in [1.82, 2.24) is 0 Å². The zero-order valence-electron chi connectivity index (χ0n) is 5.83. The molecular formula is C7H5I2NO2. The summed E-state index contributed by atoms with van der Waals surface area (Å²) in [5.41, 5.74) is 0.522. The second kappa shape index (κ2) is 4.26. The molecule has 0 aromatic heterocycles. The van der Waals surface area contributed by atoms with Crippen LogP contribution in [0.15, 0.2) is 17.3 Å². The zero-order chi connectivity index (χ0) is 9.14. The van der Waals surface area contributed by atoms with E-state index >= 15 is 0 Å². The van der Waals surface area contributed by atoms with Gasteiger partial charge in [0.25, 0.3) is 0 Å². The summed E-state index contributed by atoms with van der Waals surface area (Å²) in [6.07, 6.45) is 1.21. The average Bonchev–Trinajstić information content (AvgIpc) is 2.00. The molecule has 64 valence electrons. The van der Waals surface area contributed by atoms with E-state index in [0.29, 0.717) is 5.56 Å². The summed E-state index contributed by atoms with van der Waals surface area (Å²) >= 11 is 4.15. The quantitative estimate of drug-likeness (QED) is 0.336. The Balaban J connectivity index is 3.27. The van der Waals surface area contributed by atoms with Crippen molar-refractivity contribution in [3.8, 4) is 5.75 Å². The summed E-state index contributed by atoms with van der Waals surface area (Å²) in [6.45, 7) is 0. The van der Waals surface area contributed by atoms with Crippen LogP contribution >= 0.6 is 45.2 Å². The minimum absolute atomic E-state index is 0.147. The van der Waals surface area contributed by atoms with Crippen LogP contribution in [0.3, 0.4) is 0 Å². The summed E-state index contributed by atoms with van der Waals surface area (Å²) < 4.78 is 1.74. The van der Waals surface area contributed by atoms with E-state index in [1.165, 1.54) is 6.21 Å². The molecule has 0 atom stereocenters. The van der Waals surface area contributed by atoms with Gasteiger partial charge in [-0.25, -0.2) is 0 Å². The molecule has 5 heteroatoms. The Morgan fingerprint density at radius 2 is 2.00 bits per heavy atom. The molecule has 0 amide bonds. The van der Waals surface area contributed by atoms with Crippen LogP contribution in [-0.4, -0.2) is 16.5 Å². The summed E-state index contributed by atoms with van der Waals surface area (Å²) in [4.78, 5) is 0. The topological polar surface area (TPSA) is 52.8 Å². The molecular weight excluding hydrogens is 384 g/mol. The van der Waals surface area contributed by atoms with Crippen LogP contribution in [0.25, 0.3) is 0 Å². The van der Waals surface area contributed by atoms with Crippen LogP contribution in [-0.2, 0) is 0 Å². The number of nitrogens with zero attached hydrogens (tertiary/aromatic N) is 1. The first-order valence-electron chi connectivity index (χ1n) is 3.00. The number of phenolic OH excluding ortho intramolecular Hbond substituents is 1. The number of oxime groups is 1. The first-order chi connectivity index (χ1) is 5.65. The Hall–Kier alpha value is -0.0500. The molecule has 0 aliphatic carbocycles. The van der Waals surface area contributed by atoms with E-state index in [0.717, 1.165) is 7.14 Å². The second-order valence-corrected chi connectivity index (χ2v) is 4.48. The number of hydrogen-bond donors (Lipinski definition) is 2. The number of hydrogen-bond acceptors (Lipinski definition) is 3. The SMILES string of the molecule is ON=Cc1cc(I)cc(I)c1O. The van der Waals surface area contributed by atoms with Gasteiger partial charge in [0, 0.05) is 9.13 Å². The van der Waals surface area contributed by atoms with Gasteiger partial charge in [-0.05, 0) is 57.3 Å². The molecule has 0 bridgehead atoms. The molecule has 1 aromatic carbocycles. The zero-order valence-corrected chi connectivity index (χ0v) is 10.1. The number of benzene rings is 1. The van der Waals surface area contributed by atoms with Gasteiger partial charge in [-0.3, -0.25) is 0 Å². The van der Waals surface area contributed by atoms with Crippen molar-refractivity contribution in [2.45, 2.75) is 0 Å². The summed E-state index contributed by atoms with van der Waals surface area (Å²) in [6, 6.07) is 3.57. The number of halogens is 2. The Morgan fingerprint density at radius 1 is 1.33 bits per heavy atom. The van der Waals surface area contributed by atoms with E-state index < -0.39 is 0 Å². The van der Waals surface area contributed by atoms with Gasteiger partial charge in [0.1, 0.15) is 5.75 Å². The fraction of sp³-hybridized carbons (Fsp3) is 0. The van der Waals surface area contributed by atoms with Crippen molar-refractivity contribution in [2.24, 2.45) is 5.16 Å². The molecule has 0 aliphatic rings. The van der Waals surface area contributed by atoms with E-state index in [2.05, 4.69) is 27.7 Å². The monoisotopic (exact) mass is 389 g/mol. The Morgan fingerprint density at radius 3 is 2.58 bits per heavy atom. The Bertz CT molecular complexity index is 325. The van der Waals surface area contributed by atoms with E-state index in [9.17, 15) is 5.11 Å². The number of phenols is 1. The maximum absolute atomic E-state index is 9.44. The molecule has 0 radical (unpaired) electrons. The van der Waals surface area contributed by atoms with Gasteiger partial charge in [0.15, 0.2) is 0 Å². The van der Waals surface area contributed by atoms with E-state index in [-0.39, 0.29) is 5.75 Å². The van der Waals surface area contributed by atoms with Crippen LogP contribution < -0.4 is 0 Å². The molecule has 1 aromatic rings. The largest absolute Gasteiger partial charge is 0.506 e. The summed E-state index contributed by atoms with van der Waals surface area (Å²) in [7, 11) is 0. The highest BCUT2D eigenvalue weighted by atomic mass is 127. The maximum atomic E-state index is 9.44. The highest BCUT2D eigenvalue weighted by Gasteiger charge is 2.04. The molecule has 0 spiro atoms. The molecule has 0 unspecified atom stereocenters. The Labute approximate surface area is 96.8 Å². The molecule has 1 rings (SSSR count). The number of rotatable bonds is 1. The van der Waals surface area contributed by atoms with E-state index in [1.807, 2.05) is 28.7 Å². The van der Waals surface area contributed by atoms with Crippen LogP contribution in [0, 0.1) is 7.14 Å². The molecule has 0 saturated carbocycles. The molecule has 3 nitrogen and oxygen atoms in total. The van der Waals surface area contributed by atoms with Gasteiger partial charge in [0.05, 0.1) is 9.78 Å². The third kappa shape index (κ3) is 2.22. The third-order valence-corrected chi connectivity index (χ3v) is 2.70. The minimum atomic E-state index is 0.147. The lowest BCUT2D eigenvalue weighted by Gasteiger charge is -2.01. The first kappa shape index (κ1) is 10.0. The molecule has 0 saturated heterocycles. The van der Waals surface area contributed by atoms with Gasteiger partial charge in [-0.15, -0.1) is 0 Å². The van der Waals surface area contributed by atoms with Crippen molar-refractivity contribution >= 4 is 51.4 Å². The average molecular weight is 389 g/mol. The van der Waals surface area contributed by atoms with Crippen LogP contribution in [0.4, 0.5) is 0 Å². The van der Waals surface area contributed by atoms with Gasteiger partial charge < -0.3 is 10.3 Å². The van der Waals surface area contributed by atoms with Crippen molar-refractivity contribution in [3.63, 3.8) is 0 Å². The van der Waals surface area contributed by atoms with Crippen LogP contribution in [0.2, 0.25) is 0 Å². The van der Waals surface area contributed by atoms with Gasteiger partial charge in [-0.2, -0.15) is 0 Å². The van der Waals surface area contributed by atoms with Crippen molar-refractivity contribution < 1.29 is 10.3 Å². The number of aromatic hydroxyl groups is 1. The van der Waals surface area contributed by atoms with Crippen LogP contribution in [0.1, 0.15) is 5.56 Å². The third-order valence-electron chi connectivity index (χ3n) is 1.25. The molecule has 0 fully saturated rings. The summed E-state index contributed by atoms with van der Waals surface area (Å²) in [5.74, 6) is 0.147. The van der Waals surface area contributed by atoms with Gasteiger partial charge in [0.2, 0.25) is 0 Å². The predicted octanol–water partition coefficient (Wildman–Crippen LogP) is 2.41. The molecule has 0 heterocycles. The first-order valence-corrected chi connectivity index (χ1v) is 5.16. The fourth-order valence-electron chi connectivity index (χ4n) is 0.746.